The molecule has 2 nitrogen and oxygen atoms in total. The molecule has 0 aromatic rings. The Balaban J connectivity index is 1.95. The van der Waals surface area contributed by atoms with Gasteiger partial charge < -0.3 is 9.47 Å². The highest BCUT2D eigenvalue weighted by Gasteiger charge is 2.24. The molecule has 1 aliphatic heterocycles. The lowest BCUT2D eigenvalue weighted by Crippen LogP contribution is -2.06. The molecule has 54 valence electrons. The summed E-state index contributed by atoms with van der Waals surface area (Å²) >= 11 is 0. The molecule has 0 saturated carbocycles. The Morgan fingerprint density at radius 3 is 2.89 bits per heavy atom. The molecule has 2 unspecified atom stereocenters. The highest BCUT2D eigenvalue weighted by Crippen LogP contribution is 2.18. The van der Waals surface area contributed by atoms with Crippen LogP contribution in [0.5, 0.6) is 0 Å². The third kappa shape index (κ3) is 2.82. The summed E-state index contributed by atoms with van der Waals surface area (Å²) in [5, 5.41) is 0. The Kier molecular flexibility index (Phi) is 2.49. The minimum absolute atomic E-state index is 0.551. The van der Waals surface area contributed by atoms with Crippen molar-refractivity contribution in [2.24, 2.45) is 5.92 Å². The van der Waals surface area contributed by atoms with Gasteiger partial charge in [0.2, 0.25) is 0 Å². The Bertz CT molecular complexity index is 79.0. The molecule has 0 amide bonds. The van der Waals surface area contributed by atoms with Crippen molar-refractivity contribution >= 4 is 0 Å². The van der Waals surface area contributed by atoms with E-state index in [1.165, 1.54) is 0 Å². The topological polar surface area (TPSA) is 21.8 Å². The molecule has 0 radical (unpaired) electrons. The van der Waals surface area contributed by atoms with Crippen molar-refractivity contribution in [3.05, 3.63) is 0 Å². The normalized spacial score (nSPS) is 28.0. The molecular formula is C7H14O2. The smallest absolute Gasteiger partial charge is 0.0813 e. The maximum atomic E-state index is 5.07. The van der Waals surface area contributed by atoms with E-state index in [0.717, 1.165) is 19.6 Å². The number of rotatable bonds is 4. The SMILES string of the molecule is COCC(C)CC1CO1. The number of hydrogen-bond donors (Lipinski definition) is 0. The zero-order chi connectivity index (χ0) is 6.69. The highest BCUT2D eigenvalue weighted by atomic mass is 16.6. The molecular weight excluding hydrogens is 116 g/mol. The summed E-state index contributed by atoms with van der Waals surface area (Å²) in [6.45, 7) is 4.01. The summed E-state index contributed by atoms with van der Waals surface area (Å²) in [6, 6.07) is 0. The van der Waals surface area contributed by atoms with Crippen molar-refractivity contribution < 1.29 is 9.47 Å². The molecule has 0 bridgehead atoms. The molecule has 2 atom stereocenters. The van der Waals surface area contributed by atoms with Crippen LogP contribution in [0.3, 0.4) is 0 Å². The largest absolute Gasteiger partial charge is 0.384 e. The van der Waals surface area contributed by atoms with Crippen LogP contribution in [0.4, 0.5) is 0 Å². The molecule has 1 rings (SSSR count). The molecule has 1 aliphatic rings. The summed E-state index contributed by atoms with van der Waals surface area (Å²) in [5.41, 5.74) is 0. The van der Waals surface area contributed by atoms with Crippen molar-refractivity contribution in [3.63, 3.8) is 0 Å². The lowest BCUT2D eigenvalue weighted by molar-refractivity contribution is 0.150. The second-order valence-corrected chi connectivity index (χ2v) is 2.75. The van der Waals surface area contributed by atoms with E-state index in [4.69, 9.17) is 9.47 Å². The van der Waals surface area contributed by atoms with E-state index in [9.17, 15) is 0 Å². The van der Waals surface area contributed by atoms with E-state index in [0.29, 0.717) is 12.0 Å². The van der Waals surface area contributed by atoms with Crippen LogP contribution in [0.15, 0.2) is 0 Å². The van der Waals surface area contributed by atoms with Crippen LogP contribution in [0.25, 0.3) is 0 Å². The summed E-state index contributed by atoms with van der Waals surface area (Å²) in [7, 11) is 1.74. The molecule has 0 spiro atoms. The van der Waals surface area contributed by atoms with Gasteiger partial charge in [0, 0.05) is 13.7 Å². The average molecular weight is 130 g/mol. The Morgan fingerprint density at radius 2 is 2.44 bits per heavy atom. The second-order valence-electron chi connectivity index (χ2n) is 2.75. The molecule has 1 saturated heterocycles. The van der Waals surface area contributed by atoms with Crippen molar-refractivity contribution in [2.45, 2.75) is 19.4 Å². The maximum absolute atomic E-state index is 5.07. The maximum Gasteiger partial charge on any atom is 0.0813 e. The first-order valence-corrected chi connectivity index (χ1v) is 3.43. The fourth-order valence-electron chi connectivity index (χ4n) is 1.01. The van der Waals surface area contributed by atoms with Crippen molar-refractivity contribution in [1.29, 1.82) is 0 Å². The van der Waals surface area contributed by atoms with Gasteiger partial charge in [-0.1, -0.05) is 6.92 Å². The molecule has 0 aliphatic carbocycles. The first-order valence-electron chi connectivity index (χ1n) is 3.43. The standard InChI is InChI=1S/C7H14O2/c1-6(4-8-2)3-7-5-9-7/h6-7H,3-5H2,1-2H3. The highest BCUT2D eigenvalue weighted by molar-refractivity contribution is 4.71. The van der Waals surface area contributed by atoms with Crippen LogP contribution in [0, 0.1) is 5.92 Å². The predicted molar refractivity (Wildman–Crippen MR) is 35.4 cm³/mol. The second kappa shape index (κ2) is 3.18. The minimum atomic E-state index is 0.551. The summed E-state index contributed by atoms with van der Waals surface area (Å²) in [6.07, 6.45) is 1.71. The molecule has 9 heavy (non-hydrogen) atoms. The molecule has 1 heterocycles. The fourth-order valence-corrected chi connectivity index (χ4v) is 1.01. The third-order valence-electron chi connectivity index (χ3n) is 1.52. The molecule has 0 N–H and O–H groups in total. The number of hydrogen-bond acceptors (Lipinski definition) is 2. The van der Waals surface area contributed by atoms with E-state index >= 15 is 0 Å². The van der Waals surface area contributed by atoms with Gasteiger partial charge in [0.1, 0.15) is 0 Å². The fraction of sp³-hybridized carbons (Fsp3) is 1.00. The van der Waals surface area contributed by atoms with E-state index in [-0.39, 0.29) is 0 Å². The average Bonchev–Trinajstić information content (AvgIpc) is 2.50. The van der Waals surface area contributed by atoms with E-state index in [1.54, 1.807) is 7.11 Å². The quantitative estimate of drug-likeness (QED) is 0.531. The van der Waals surface area contributed by atoms with Crippen molar-refractivity contribution in [3.8, 4) is 0 Å². The third-order valence-corrected chi connectivity index (χ3v) is 1.52. The van der Waals surface area contributed by atoms with Crippen molar-refractivity contribution in [2.75, 3.05) is 20.3 Å². The molecule has 0 aromatic carbocycles. The van der Waals surface area contributed by atoms with Crippen LogP contribution in [0.1, 0.15) is 13.3 Å². The minimum Gasteiger partial charge on any atom is -0.384 e. The van der Waals surface area contributed by atoms with Crippen LogP contribution >= 0.6 is 0 Å². The predicted octanol–water partition coefficient (Wildman–Crippen LogP) is 1.06. The summed E-state index contributed by atoms with van der Waals surface area (Å²) in [4.78, 5) is 0. The van der Waals surface area contributed by atoms with Crippen LogP contribution in [-0.2, 0) is 9.47 Å². The van der Waals surface area contributed by atoms with Crippen molar-refractivity contribution in [1.82, 2.24) is 0 Å². The lowest BCUT2D eigenvalue weighted by Gasteiger charge is -2.05. The lowest BCUT2D eigenvalue weighted by atomic mass is 10.1. The Labute approximate surface area is 56.2 Å². The van der Waals surface area contributed by atoms with E-state index < -0.39 is 0 Å². The van der Waals surface area contributed by atoms with Crippen LogP contribution in [0.2, 0.25) is 0 Å². The van der Waals surface area contributed by atoms with Gasteiger partial charge in [-0.25, -0.2) is 0 Å². The molecule has 1 fully saturated rings. The monoisotopic (exact) mass is 130 g/mol. The van der Waals surface area contributed by atoms with Crippen LogP contribution in [-0.4, -0.2) is 26.4 Å². The van der Waals surface area contributed by atoms with Gasteiger partial charge in [0.15, 0.2) is 0 Å². The zero-order valence-corrected chi connectivity index (χ0v) is 6.09. The van der Waals surface area contributed by atoms with E-state index in [2.05, 4.69) is 6.92 Å². The van der Waals surface area contributed by atoms with Gasteiger partial charge in [0.05, 0.1) is 12.7 Å². The zero-order valence-electron chi connectivity index (χ0n) is 6.09. The number of epoxide rings is 1. The first kappa shape index (κ1) is 7.03. The van der Waals surface area contributed by atoms with Gasteiger partial charge >= 0.3 is 0 Å². The van der Waals surface area contributed by atoms with Gasteiger partial charge in [-0.3, -0.25) is 0 Å². The molecule has 2 heteroatoms. The summed E-state index contributed by atoms with van der Waals surface area (Å²) in [5.74, 6) is 0.655. The van der Waals surface area contributed by atoms with E-state index in [1.807, 2.05) is 0 Å². The van der Waals surface area contributed by atoms with Gasteiger partial charge in [0.25, 0.3) is 0 Å². The van der Waals surface area contributed by atoms with Crippen LogP contribution < -0.4 is 0 Å². The Hall–Kier alpha value is -0.0800. The number of methoxy groups -OCH3 is 1. The van der Waals surface area contributed by atoms with Gasteiger partial charge in [-0.05, 0) is 12.3 Å². The van der Waals surface area contributed by atoms with Gasteiger partial charge in [-0.2, -0.15) is 0 Å². The number of ether oxygens (including phenoxy) is 2. The summed E-state index contributed by atoms with van der Waals surface area (Å²) < 4.78 is 10.0. The Morgan fingerprint density at radius 1 is 1.78 bits per heavy atom. The first-order chi connectivity index (χ1) is 4.33. The molecule has 0 aromatic heterocycles. The van der Waals surface area contributed by atoms with Gasteiger partial charge in [-0.15, -0.1) is 0 Å².